The highest BCUT2D eigenvalue weighted by Crippen LogP contribution is 2.18. The lowest BCUT2D eigenvalue weighted by Gasteiger charge is -2.09. The number of halogens is 2. The van der Waals surface area contributed by atoms with Crippen LogP contribution in [0.15, 0.2) is 66.9 Å². The second-order valence-corrected chi connectivity index (χ2v) is 6.74. The molecule has 1 aromatic heterocycles. The van der Waals surface area contributed by atoms with Gasteiger partial charge in [0.15, 0.2) is 12.4 Å². The summed E-state index contributed by atoms with van der Waals surface area (Å²) in [6, 6.07) is 15.6. The first-order chi connectivity index (χ1) is 13.9. The maximum atomic E-state index is 12.7. The number of rotatable bonds is 6. The van der Waals surface area contributed by atoms with Crippen molar-refractivity contribution in [2.45, 2.75) is 0 Å². The van der Waals surface area contributed by atoms with Crippen molar-refractivity contribution in [1.29, 1.82) is 0 Å². The average molecular weight is 429 g/mol. The van der Waals surface area contributed by atoms with E-state index in [1.807, 2.05) is 0 Å². The SMILES string of the molecule is O=C(COC(=O)c1ccccc1C(=O)c1ccc(Cl)cc1)Nc1ccc(Cl)cn1. The van der Waals surface area contributed by atoms with Crippen molar-refractivity contribution in [3.8, 4) is 0 Å². The summed E-state index contributed by atoms with van der Waals surface area (Å²) in [4.78, 5) is 41.1. The summed E-state index contributed by atoms with van der Waals surface area (Å²) < 4.78 is 5.05. The van der Waals surface area contributed by atoms with Gasteiger partial charge < -0.3 is 10.1 Å². The number of amides is 1. The predicted molar refractivity (Wildman–Crippen MR) is 109 cm³/mol. The van der Waals surface area contributed by atoms with Gasteiger partial charge in [0.2, 0.25) is 0 Å². The van der Waals surface area contributed by atoms with E-state index >= 15 is 0 Å². The van der Waals surface area contributed by atoms with Crippen LogP contribution in [0, 0.1) is 0 Å². The molecule has 0 fully saturated rings. The fourth-order valence-electron chi connectivity index (χ4n) is 2.45. The van der Waals surface area contributed by atoms with Crippen LogP contribution in [0.1, 0.15) is 26.3 Å². The highest BCUT2D eigenvalue weighted by atomic mass is 35.5. The van der Waals surface area contributed by atoms with Crippen LogP contribution in [-0.2, 0) is 9.53 Å². The van der Waals surface area contributed by atoms with Crippen LogP contribution in [0.3, 0.4) is 0 Å². The zero-order chi connectivity index (χ0) is 20.8. The summed E-state index contributed by atoms with van der Waals surface area (Å²) in [5, 5.41) is 3.40. The Kier molecular flexibility index (Phi) is 6.59. The van der Waals surface area contributed by atoms with E-state index in [0.29, 0.717) is 15.6 Å². The van der Waals surface area contributed by atoms with Crippen molar-refractivity contribution in [1.82, 2.24) is 4.98 Å². The van der Waals surface area contributed by atoms with E-state index in [9.17, 15) is 14.4 Å². The van der Waals surface area contributed by atoms with Crippen LogP contribution in [0.5, 0.6) is 0 Å². The van der Waals surface area contributed by atoms with Crippen LogP contribution < -0.4 is 5.32 Å². The maximum Gasteiger partial charge on any atom is 0.339 e. The second kappa shape index (κ2) is 9.32. The monoisotopic (exact) mass is 428 g/mol. The number of aromatic nitrogens is 1. The molecule has 2 aromatic carbocycles. The molecule has 146 valence electrons. The molecule has 3 rings (SSSR count). The standard InChI is InChI=1S/C21H14Cl2N2O4/c22-14-7-5-13(6-8-14)20(27)16-3-1-2-4-17(16)21(28)29-12-19(26)25-18-10-9-15(23)11-24-18/h1-11H,12H2,(H,24,25,26). The first kappa shape index (κ1) is 20.5. The molecule has 0 atom stereocenters. The first-order valence-corrected chi connectivity index (χ1v) is 9.17. The van der Waals surface area contributed by atoms with Crippen molar-refractivity contribution in [3.05, 3.63) is 93.6 Å². The van der Waals surface area contributed by atoms with Crippen LogP contribution in [0.4, 0.5) is 5.82 Å². The van der Waals surface area contributed by atoms with Gasteiger partial charge in [0, 0.05) is 22.3 Å². The van der Waals surface area contributed by atoms with E-state index < -0.39 is 18.5 Å². The minimum absolute atomic E-state index is 0.0601. The van der Waals surface area contributed by atoms with Gasteiger partial charge in [-0.05, 0) is 42.5 Å². The number of ether oxygens (including phenoxy) is 1. The highest BCUT2D eigenvalue weighted by Gasteiger charge is 2.20. The molecule has 0 aliphatic rings. The Hall–Kier alpha value is -3.22. The number of carbonyl (C=O) groups excluding carboxylic acids is 3. The molecule has 0 saturated carbocycles. The molecule has 0 bridgehead atoms. The number of nitrogens with zero attached hydrogens (tertiary/aromatic N) is 1. The van der Waals surface area contributed by atoms with Crippen LogP contribution in [0.25, 0.3) is 0 Å². The van der Waals surface area contributed by atoms with Crippen LogP contribution >= 0.6 is 23.2 Å². The first-order valence-electron chi connectivity index (χ1n) is 8.42. The Morgan fingerprint density at radius 2 is 1.52 bits per heavy atom. The number of nitrogens with one attached hydrogen (secondary N) is 1. The number of pyridine rings is 1. The number of carbonyl (C=O) groups is 3. The number of hydrogen-bond donors (Lipinski definition) is 1. The van der Waals surface area contributed by atoms with Gasteiger partial charge in [-0.3, -0.25) is 9.59 Å². The van der Waals surface area contributed by atoms with E-state index in [1.54, 1.807) is 42.5 Å². The molecule has 0 aliphatic carbocycles. The quantitative estimate of drug-likeness (QED) is 0.463. The molecular weight excluding hydrogens is 415 g/mol. The molecule has 0 aliphatic heterocycles. The van der Waals surface area contributed by atoms with Crippen LogP contribution in [0.2, 0.25) is 10.0 Å². The van der Waals surface area contributed by atoms with Crippen LogP contribution in [-0.4, -0.2) is 29.3 Å². The summed E-state index contributed by atoms with van der Waals surface area (Å²) >= 11 is 11.6. The molecule has 6 nitrogen and oxygen atoms in total. The van der Waals surface area contributed by atoms with Crippen molar-refractivity contribution in [3.63, 3.8) is 0 Å². The minimum Gasteiger partial charge on any atom is -0.452 e. The topological polar surface area (TPSA) is 85.4 Å². The maximum absolute atomic E-state index is 12.7. The normalized spacial score (nSPS) is 10.3. The van der Waals surface area contributed by atoms with E-state index in [1.165, 1.54) is 24.4 Å². The van der Waals surface area contributed by atoms with Gasteiger partial charge in [-0.2, -0.15) is 0 Å². The average Bonchev–Trinajstić information content (AvgIpc) is 2.74. The van der Waals surface area contributed by atoms with Gasteiger partial charge in [0.05, 0.1) is 10.6 Å². The lowest BCUT2D eigenvalue weighted by molar-refractivity contribution is -0.119. The molecule has 0 radical (unpaired) electrons. The van der Waals surface area contributed by atoms with Crippen molar-refractivity contribution >= 4 is 46.7 Å². The van der Waals surface area contributed by atoms with Gasteiger partial charge in [-0.15, -0.1) is 0 Å². The fraction of sp³-hybridized carbons (Fsp3) is 0.0476. The van der Waals surface area contributed by atoms with Gasteiger partial charge >= 0.3 is 5.97 Å². The van der Waals surface area contributed by atoms with Crippen molar-refractivity contribution < 1.29 is 19.1 Å². The Balaban J connectivity index is 1.68. The third kappa shape index (κ3) is 5.40. The number of esters is 1. The zero-order valence-electron chi connectivity index (χ0n) is 14.9. The third-order valence-corrected chi connectivity index (χ3v) is 4.30. The van der Waals surface area contributed by atoms with Gasteiger partial charge in [0.25, 0.3) is 5.91 Å². The number of hydrogen-bond acceptors (Lipinski definition) is 5. The fourth-order valence-corrected chi connectivity index (χ4v) is 2.69. The van der Waals surface area contributed by atoms with Gasteiger partial charge in [-0.25, -0.2) is 9.78 Å². The molecule has 0 unspecified atom stereocenters. The van der Waals surface area contributed by atoms with E-state index in [4.69, 9.17) is 27.9 Å². The Morgan fingerprint density at radius 3 is 2.17 bits per heavy atom. The molecular formula is C21H14Cl2N2O4. The lowest BCUT2D eigenvalue weighted by Crippen LogP contribution is -2.22. The zero-order valence-corrected chi connectivity index (χ0v) is 16.4. The molecule has 1 heterocycles. The largest absolute Gasteiger partial charge is 0.452 e. The molecule has 0 saturated heterocycles. The smallest absolute Gasteiger partial charge is 0.339 e. The summed E-state index contributed by atoms with van der Waals surface area (Å²) in [5.74, 6) is -1.45. The van der Waals surface area contributed by atoms with E-state index in [2.05, 4.69) is 10.3 Å². The number of ketones is 1. The molecule has 29 heavy (non-hydrogen) atoms. The number of anilines is 1. The molecule has 3 aromatic rings. The summed E-state index contributed by atoms with van der Waals surface area (Å²) in [6.45, 7) is -0.535. The Morgan fingerprint density at radius 1 is 0.862 bits per heavy atom. The molecule has 1 N–H and O–H groups in total. The second-order valence-electron chi connectivity index (χ2n) is 5.87. The minimum atomic E-state index is -0.790. The van der Waals surface area contributed by atoms with Crippen molar-refractivity contribution in [2.24, 2.45) is 0 Å². The van der Waals surface area contributed by atoms with Crippen molar-refractivity contribution in [2.75, 3.05) is 11.9 Å². The van der Waals surface area contributed by atoms with Gasteiger partial charge in [0.1, 0.15) is 5.82 Å². The number of benzene rings is 2. The predicted octanol–water partition coefficient (Wildman–Crippen LogP) is 4.41. The third-order valence-electron chi connectivity index (χ3n) is 3.83. The Labute approximate surface area is 176 Å². The summed E-state index contributed by atoms with van der Waals surface area (Å²) in [5.41, 5.74) is 0.602. The molecule has 1 amide bonds. The summed E-state index contributed by atoms with van der Waals surface area (Å²) in [7, 11) is 0. The van der Waals surface area contributed by atoms with Gasteiger partial charge in [-0.1, -0.05) is 41.4 Å². The van der Waals surface area contributed by atoms with E-state index in [-0.39, 0.29) is 22.7 Å². The molecule has 0 spiro atoms. The molecule has 8 heteroatoms. The Bertz CT molecular complexity index is 1050. The van der Waals surface area contributed by atoms with E-state index in [0.717, 1.165) is 0 Å². The lowest BCUT2D eigenvalue weighted by atomic mass is 9.98. The highest BCUT2D eigenvalue weighted by molar-refractivity contribution is 6.31. The summed E-state index contributed by atoms with van der Waals surface area (Å²) in [6.07, 6.45) is 1.38.